The lowest BCUT2D eigenvalue weighted by Gasteiger charge is -2.39. The summed E-state index contributed by atoms with van der Waals surface area (Å²) in [6.45, 7) is 3.38. The van der Waals surface area contributed by atoms with E-state index in [2.05, 4.69) is 10.2 Å². The topological polar surface area (TPSA) is 128 Å². The van der Waals surface area contributed by atoms with Crippen molar-refractivity contribution >= 4 is 21.4 Å². The summed E-state index contributed by atoms with van der Waals surface area (Å²) in [5.41, 5.74) is -0.276. The lowest BCUT2D eigenvalue weighted by atomic mass is 9.89. The fourth-order valence-corrected chi connectivity index (χ4v) is 4.50. The minimum Gasteiger partial charge on any atom is -0.379 e. The Morgan fingerprint density at radius 3 is 2.42 bits per heavy atom. The summed E-state index contributed by atoms with van der Waals surface area (Å²) in [5.74, 6) is 0. The summed E-state index contributed by atoms with van der Waals surface area (Å²) < 4.78 is 29.0. The standard InChI is InChI=1S/C16H24N4O5S/c17-26(23,24)15-3-1-2-14(20(21)22)16(15)18-12-4-6-13(7-5-12)19-8-10-25-11-9-19/h1-3,12-13,18H,4-11H2,(H2,17,23,24). The zero-order valence-corrected chi connectivity index (χ0v) is 15.3. The normalized spacial score (nSPS) is 25.0. The highest BCUT2D eigenvalue weighted by molar-refractivity contribution is 7.89. The summed E-state index contributed by atoms with van der Waals surface area (Å²) >= 11 is 0. The number of nitrogens with one attached hydrogen (secondary N) is 1. The Kier molecular flexibility index (Phi) is 5.76. The molecule has 1 heterocycles. The van der Waals surface area contributed by atoms with Crippen LogP contribution in [-0.4, -0.2) is 56.6 Å². The van der Waals surface area contributed by atoms with Crippen LogP contribution in [0.1, 0.15) is 25.7 Å². The van der Waals surface area contributed by atoms with Crippen LogP contribution >= 0.6 is 0 Å². The molecule has 0 unspecified atom stereocenters. The van der Waals surface area contributed by atoms with Crippen LogP contribution in [0.4, 0.5) is 11.4 Å². The summed E-state index contributed by atoms with van der Waals surface area (Å²) in [6, 6.07) is 4.38. The van der Waals surface area contributed by atoms with Crippen LogP contribution in [0.25, 0.3) is 0 Å². The Balaban J connectivity index is 1.72. The van der Waals surface area contributed by atoms with Crippen molar-refractivity contribution in [2.75, 3.05) is 31.6 Å². The molecule has 1 saturated carbocycles. The number of nitro groups is 1. The quantitative estimate of drug-likeness (QED) is 0.578. The average Bonchev–Trinajstić information content (AvgIpc) is 2.62. The molecule has 1 saturated heterocycles. The third-order valence-electron chi connectivity index (χ3n) is 5.11. The molecule has 1 aromatic carbocycles. The van der Waals surface area contributed by atoms with Crippen LogP contribution < -0.4 is 10.5 Å². The van der Waals surface area contributed by atoms with Gasteiger partial charge in [0, 0.05) is 31.2 Å². The molecule has 0 radical (unpaired) electrons. The van der Waals surface area contributed by atoms with Crippen molar-refractivity contribution in [1.29, 1.82) is 0 Å². The Bertz CT molecular complexity index is 756. The van der Waals surface area contributed by atoms with Crippen LogP contribution in [0.5, 0.6) is 0 Å². The van der Waals surface area contributed by atoms with Crippen LogP contribution in [0.2, 0.25) is 0 Å². The van der Waals surface area contributed by atoms with Crippen LogP contribution in [-0.2, 0) is 14.8 Å². The van der Waals surface area contributed by atoms with Gasteiger partial charge in [0.25, 0.3) is 5.69 Å². The molecular weight excluding hydrogens is 360 g/mol. The number of sulfonamides is 1. The van der Waals surface area contributed by atoms with Gasteiger partial charge in [-0.3, -0.25) is 15.0 Å². The number of ether oxygens (including phenoxy) is 1. The smallest absolute Gasteiger partial charge is 0.293 e. The molecule has 10 heteroatoms. The highest BCUT2D eigenvalue weighted by Crippen LogP contribution is 2.34. The van der Waals surface area contributed by atoms with Crippen LogP contribution in [0, 0.1) is 10.1 Å². The summed E-state index contributed by atoms with van der Waals surface area (Å²) in [7, 11) is -4.06. The van der Waals surface area contributed by atoms with Gasteiger partial charge in [0.15, 0.2) is 0 Å². The number of primary sulfonamides is 1. The summed E-state index contributed by atoms with van der Waals surface area (Å²) in [4.78, 5) is 12.9. The maximum absolute atomic E-state index is 11.8. The number of nitro benzene ring substituents is 1. The van der Waals surface area contributed by atoms with Gasteiger partial charge in [0.2, 0.25) is 10.0 Å². The number of nitrogens with zero attached hydrogens (tertiary/aromatic N) is 2. The second-order valence-electron chi connectivity index (χ2n) is 6.75. The zero-order valence-electron chi connectivity index (χ0n) is 14.5. The molecular formula is C16H24N4O5S. The Labute approximate surface area is 152 Å². The average molecular weight is 384 g/mol. The molecule has 3 N–H and O–H groups in total. The number of hydrogen-bond donors (Lipinski definition) is 2. The maximum Gasteiger partial charge on any atom is 0.293 e. The van der Waals surface area contributed by atoms with Crippen molar-refractivity contribution in [3.8, 4) is 0 Å². The van der Waals surface area contributed by atoms with Gasteiger partial charge in [0.1, 0.15) is 10.6 Å². The maximum atomic E-state index is 11.8. The fourth-order valence-electron chi connectivity index (χ4n) is 3.79. The second-order valence-corrected chi connectivity index (χ2v) is 8.28. The van der Waals surface area contributed by atoms with Crippen molar-refractivity contribution in [3.05, 3.63) is 28.3 Å². The third-order valence-corrected chi connectivity index (χ3v) is 6.07. The largest absolute Gasteiger partial charge is 0.379 e. The van der Waals surface area contributed by atoms with E-state index in [1.54, 1.807) is 0 Å². The van der Waals surface area contributed by atoms with Crippen molar-refractivity contribution in [3.63, 3.8) is 0 Å². The van der Waals surface area contributed by atoms with Crippen LogP contribution in [0.3, 0.4) is 0 Å². The minimum absolute atomic E-state index is 0.00479. The van der Waals surface area contributed by atoms with Gasteiger partial charge < -0.3 is 10.1 Å². The minimum atomic E-state index is -4.06. The first-order valence-electron chi connectivity index (χ1n) is 8.75. The number of anilines is 1. The highest BCUT2D eigenvalue weighted by atomic mass is 32.2. The molecule has 1 aliphatic carbocycles. The van der Waals surface area contributed by atoms with Gasteiger partial charge in [-0.2, -0.15) is 0 Å². The van der Waals surface area contributed by atoms with Gasteiger partial charge in [-0.25, -0.2) is 13.6 Å². The van der Waals surface area contributed by atoms with E-state index in [1.807, 2.05) is 0 Å². The fraction of sp³-hybridized carbons (Fsp3) is 0.625. The van der Waals surface area contributed by atoms with Gasteiger partial charge >= 0.3 is 0 Å². The van der Waals surface area contributed by atoms with E-state index in [0.717, 1.165) is 52.0 Å². The van der Waals surface area contributed by atoms with Gasteiger partial charge in [-0.1, -0.05) is 6.07 Å². The first kappa shape index (κ1) is 19.0. The molecule has 0 atom stereocenters. The monoisotopic (exact) mass is 384 g/mol. The van der Waals surface area contributed by atoms with Crippen molar-refractivity contribution in [2.24, 2.45) is 5.14 Å². The summed E-state index contributed by atoms with van der Waals surface area (Å²) in [6.07, 6.45) is 3.56. The molecule has 0 amide bonds. The lowest BCUT2D eigenvalue weighted by molar-refractivity contribution is -0.384. The Morgan fingerprint density at radius 2 is 1.85 bits per heavy atom. The van der Waals surface area contributed by atoms with Crippen molar-refractivity contribution in [2.45, 2.75) is 42.7 Å². The first-order valence-corrected chi connectivity index (χ1v) is 10.3. The molecule has 2 aliphatic rings. The van der Waals surface area contributed by atoms with Crippen molar-refractivity contribution in [1.82, 2.24) is 4.90 Å². The van der Waals surface area contributed by atoms with Gasteiger partial charge in [-0.05, 0) is 31.7 Å². The lowest BCUT2D eigenvalue weighted by Crippen LogP contribution is -2.46. The molecule has 1 aromatic rings. The molecule has 144 valence electrons. The van der Waals surface area contributed by atoms with Gasteiger partial charge in [0.05, 0.1) is 18.1 Å². The van der Waals surface area contributed by atoms with E-state index < -0.39 is 14.9 Å². The van der Waals surface area contributed by atoms with E-state index in [-0.39, 0.29) is 22.3 Å². The van der Waals surface area contributed by atoms with Crippen molar-refractivity contribution < 1.29 is 18.1 Å². The molecule has 0 spiro atoms. The molecule has 1 aliphatic heterocycles. The Hall–Kier alpha value is -1.75. The molecule has 0 bridgehead atoms. The number of nitrogens with two attached hydrogens (primary N) is 1. The highest BCUT2D eigenvalue weighted by Gasteiger charge is 2.30. The first-order chi connectivity index (χ1) is 12.4. The van der Waals surface area contributed by atoms with E-state index >= 15 is 0 Å². The SMILES string of the molecule is NS(=O)(=O)c1cccc([N+](=O)[O-])c1NC1CCC(N2CCOCC2)CC1. The predicted molar refractivity (Wildman–Crippen MR) is 96.5 cm³/mol. The van der Waals surface area contributed by atoms with Gasteiger partial charge in [-0.15, -0.1) is 0 Å². The number of morpholine rings is 1. The number of benzene rings is 1. The number of hydrogen-bond acceptors (Lipinski definition) is 7. The molecule has 0 aromatic heterocycles. The number of para-hydroxylation sites is 1. The molecule has 3 rings (SSSR count). The number of rotatable bonds is 5. The Morgan fingerprint density at radius 1 is 1.19 bits per heavy atom. The van der Waals surface area contributed by atoms with E-state index in [4.69, 9.17) is 9.88 Å². The van der Waals surface area contributed by atoms with E-state index in [9.17, 15) is 18.5 Å². The second kappa shape index (κ2) is 7.87. The zero-order chi connectivity index (χ0) is 18.7. The predicted octanol–water partition coefficient (Wildman–Crippen LogP) is 1.30. The molecule has 26 heavy (non-hydrogen) atoms. The van der Waals surface area contributed by atoms with Crippen LogP contribution in [0.15, 0.2) is 23.1 Å². The molecule has 2 fully saturated rings. The molecule has 9 nitrogen and oxygen atoms in total. The van der Waals surface area contributed by atoms with E-state index in [0.29, 0.717) is 6.04 Å². The summed E-state index contributed by atoms with van der Waals surface area (Å²) in [5, 5.41) is 19.6. The third kappa shape index (κ3) is 4.32. The van der Waals surface area contributed by atoms with E-state index in [1.165, 1.54) is 18.2 Å².